The summed E-state index contributed by atoms with van der Waals surface area (Å²) in [6.07, 6.45) is 5.66. The Hall–Kier alpha value is -1.10. The fourth-order valence-electron chi connectivity index (χ4n) is 3.42. The van der Waals surface area contributed by atoms with E-state index in [-0.39, 0.29) is 23.8 Å². The molecule has 0 aliphatic heterocycles. The van der Waals surface area contributed by atoms with Crippen LogP contribution in [0.1, 0.15) is 51.9 Å². The van der Waals surface area contributed by atoms with Crippen LogP contribution in [-0.4, -0.2) is 30.6 Å². The second-order valence-corrected chi connectivity index (χ2v) is 6.52. The van der Waals surface area contributed by atoms with Crippen LogP contribution in [0.25, 0.3) is 0 Å². The van der Waals surface area contributed by atoms with Gasteiger partial charge in [-0.25, -0.2) is 4.79 Å². The number of esters is 1. The number of carbonyl (C=O) groups excluding carboxylic acids is 2. The summed E-state index contributed by atoms with van der Waals surface area (Å²) in [4.78, 5) is 24.5. The molecule has 1 amide bonds. The van der Waals surface area contributed by atoms with Gasteiger partial charge in [-0.3, -0.25) is 4.79 Å². The maximum absolute atomic E-state index is 12.4. The predicted molar refractivity (Wildman–Crippen MR) is 75.8 cm³/mol. The number of ether oxygens (including phenoxy) is 1. The number of carbonyl (C=O) groups is 2. The van der Waals surface area contributed by atoms with E-state index in [0.717, 1.165) is 32.1 Å². The molecule has 0 spiro atoms. The zero-order chi connectivity index (χ0) is 14.8. The van der Waals surface area contributed by atoms with E-state index in [1.807, 2.05) is 0 Å². The molecule has 0 saturated heterocycles. The highest BCUT2D eigenvalue weighted by atomic mass is 16.5. The molecule has 0 bridgehead atoms. The minimum Gasteiger partial charge on any atom is -0.467 e. The minimum atomic E-state index is -0.814. The van der Waals surface area contributed by atoms with Crippen molar-refractivity contribution >= 4 is 11.9 Å². The molecule has 2 fully saturated rings. The van der Waals surface area contributed by atoms with Crippen LogP contribution in [0.15, 0.2) is 0 Å². The quantitative estimate of drug-likeness (QED) is 0.766. The SMILES string of the molecule is COC(=O)C1(NC(=O)C2CCC(N)C2)CCC(C)CC1. The highest BCUT2D eigenvalue weighted by molar-refractivity contribution is 5.89. The smallest absolute Gasteiger partial charge is 0.331 e. The van der Waals surface area contributed by atoms with Gasteiger partial charge in [0.2, 0.25) is 5.91 Å². The first-order chi connectivity index (χ1) is 9.47. The zero-order valence-electron chi connectivity index (χ0n) is 12.5. The average molecular weight is 282 g/mol. The number of nitrogens with two attached hydrogens (primary N) is 1. The molecule has 0 heterocycles. The van der Waals surface area contributed by atoms with Crippen molar-refractivity contribution in [1.82, 2.24) is 5.32 Å². The summed E-state index contributed by atoms with van der Waals surface area (Å²) in [5.41, 5.74) is 5.05. The largest absolute Gasteiger partial charge is 0.467 e. The molecule has 5 heteroatoms. The van der Waals surface area contributed by atoms with Crippen LogP contribution in [0.5, 0.6) is 0 Å². The fourth-order valence-corrected chi connectivity index (χ4v) is 3.42. The van der Waals surface area contributed by atoms with Crippen LogP contribution < -0.4 is 11.1 Å². The van der Waals surface area contributed by atoms with Crippen LogP contribution in [0.2, 0.25) is 0 Å². The van der Waals surface area contributed by atoms with Crippen LogP contribution in [0, 0.1) is 11.8 Å². The summed E-state index contributed by atoms with van der Waals surface area (Å²) < 4.78 is 4.93. The first-order valence-corrected chi connectivity index (χ1v) is 7.63. The Bertz CT molecular complexity index is 375. The number of methoxy groups -OCH3 is 1. The Balaban J connectivity index is 2.04. The van der Waals surface area contributed by atoms with Gasteiger partial charge in [0, 0.05) is 12.0 Å². The topological polar surface area (TPSA) is 81.4 Å². The molecular weight excluding hydrogens is 256 g/mol. The average Bonchev–Trinajstić information content (AvgIpc) is 2.87. The summed E-state index contributed by atoms with van der Waals surface area (Å²) >= 11 is 0. The number of amides is 1. The van der Waals surface area contributed by atoms with Gasteiger partial charge in [0.05, 0.1) is 7.11 Å². The van der Waals surface area contributed by atoms with E-state index in [0.29, 0.717) is 18.8 Å². The van der Waals surface area contributed by atoms with Gasteiger partial charge >= 0.3 is 5.97 Å². The van der Waals surface area contributed by atoms with Crippen LogP contribution in [-0.2, 0) is 14.3 Å². The number of hydrogen-bond acceptors (Lipinski definition) is 4. The molecule has 2 aliphatic carbocycles. The standard InChI is InChI=1S/C15H26N2O3/c1-10-5-7-15(8-6-10,14(19)20-2)17-13(18)11-3-4-12(16)9-11/h10-12H,3-9,16H2,1-2H3,(H,17,18). The van der Waals surface area contributed by atoms with Gasteiger partial charge in [-0.2, -0.15) is 0 Å². The maximum atomic E-state index is 12.4. The lowest BCUT2D eigenvalue weighted by atomic mass is 9.76. The van der Waals surface area contributed by atoms with E-state index in [1.165, 1.54) is 7.11 Å². The Morgan fingerprint density at radius 1 is 1.20 bits per heavy atom. The van der Waals surface area contributed by atoms with Gasteiger partial charge in [0.25, 0.3) is 0 Å². The first-order valence-electron chi connectivity index (χ1n) is 7.63. The molecule has 20 heavy (non-hydrogen) atoms. The molecular formula is C15H26N2O3. The van der Waals surface area contributed by atoms with Gasteiger partial charge in [-0.1, -0.05) is 6.92 Å². The van der Waals surface area contributed by atoms with E-state index in [1.54, 1.807) is 0 Å². The van der Waals surface area contributed by atoms with E-state index in [4.69, 9.17) is 10.5 Å². The van der Waals surface area contributed by atoms with Crippen LogP contribution in [0.4, 0.5) is 0 Å². The van der Waals surface area contributed by atoms with Crippen LogP contribution >= 0.6 is 0 Å². The number of hydrogen-bond donors (Lipinski definition) is 2. The van der Waals surface area contributed by atoms with Crippen molar-refractivity contribution in [3.63, 3.8) is 0 Å². The number of rotatable bonds is 3. The molecule has 2 aliphatic rings. The normalized spacial score (nSPS) is 37.5. The molecule has 0 aromatic rings. The molecule has 2 saturated carbocycles. The van der Waals surface area contributed by atoms with Crippen molar-refractivity contribution in [3.8, 4) is 0 Å². The summed E-state index contributed by atoms with van der Waals surface area (Å²) in [6.45, 7) is 2.18. The maximum Gasteiger partial charge on any atom is 0.331 e. The highest BCUT2D eigenvalue weighted by Gasteiger charge is 2.44. The molecule has 2 rings (SSSR count). The van der Waals surface area contributed by atoms with Crippen molar-refractivity contribution in [3.05, 3.63) is 0 Å². The predicted octanol–water partition coefficient (Wildman–Crippen LogP) is 1.35. The van der Waals surface area contributed by atoms with Crippen molar-refractivity contribution in [1.29, 1.82) is 0 Å². The van der Waals surface area contributed by atoms with Gasteiger partial charge in [-0.05, 0) is 50.9 Å². The lowest BCUT2D eigenvalue weighted by Gasteiger charge is -2.38. The second-order valence-electron chi connectivity index (χ2n) is 6.52. The third-order valence-corrected chi connectivity index (χ3v) is 4.91. The van der Waals surface area contributed by atoms with Gasteiger partial charge in [0.1, 0.15) is 5.54 Å². The lowest BCUT2D eigenvalue weighted by Crippen LogP contribution is -2.57. The first kappa shape index (κ1) is 15.3. The summed E-state index contributed by atoms with van der Waals surface area (Å²) in [6, 6.07) is 0.117. The lowest BCUT2D eigenvalue weighted by molar-refractivity contribution is -0.153. The summed E-state index contributed by atoms with van der Waals surface area (Å²) in [5, 5.41) is 3.00. The molecule has 2 unspecified atom stereocenters. The van der Waals surface area contributed by atoms with Crippen LogP contribution in [0.3, 0.4) is 0 Å². The molecule has 0 aromatic heterocycles. The summed E-state index contributed by atoms with van der Waals surface area (Å²) in [7, 11) is 1.39. The molecule has 0 radical (unpaired) electrons. The van der Waals surface area contributed by atoms with E-state index >= 15 is 0 Å². The monoisotopic (exact) mass is 282 g/mol. The second kappa shape index (κ2) is 6.12. The Morgan fingerprint density at radius 2 is 1.85 bits per heavy atom. The van der Waals surface area contributed by atoms with Crippen molar-refractivity contribution < 1.29 is 14.3 Å². The van der Waals surface area contributed by atoms with Crippen molar-refractivity contribution in [2.75, 3.05) is 7.11 Å². The highest BCUT2D eigenvalue weighted by Crippen LogP contribution is 2.34. The van der Waals surface area contributed by atoms with E-state index in [9.17, 15) is 9.59 Å². The zero-order valence-corrected chi connectivity index (χ0v) is 12.5. The fraction of sp³-hybridized carbons (Fsp3) is 0.867. The Kier molecular flexibility index (Phi) is 4.68. The molecule has 3 N–H and O–H groups in total. The molecule has 0 aromatic carbocycles. The van der Waals surface area contributed by atoms with Gasteiger partial charge in [-0.15, -0.1) is 0 Å². The third-order valence-electron chi connectivity index (χ3n) is 4.91. The minimum absolute atomic E-state index is 0.0297. The van der Waals surface area contributed by atoms with E-state index in [2.05, 4.69) is 12.2 Å². The molecule has 5 nitrogen and oxygen atoms in total. The summed E-state index contributed by atoms with van der Waals surface area (Å²) in [5.74, 6) is 0.216. The van der Waals surface area contributed by atoms with Gasteiger partial charge < -0.3 is 15.8 Å². The third kappa shape index (κ3) is 3.14. The molecule has 114 valence electrons. The van der Waals surface area contributed by atoms with Crippen molar-refractivity contribution in [2.24, 2.45) is 17.6 Å². The Morgan fingerprint density at radius 3 is 2.35 bits per heavy atom. The van der Waals surface area contributed by atoms with E-state index < -0.39 is 5.54 Å². The van der Waals surface area contributed by atoms with Crippen molar-refractivity contribution in [2.45, 2.75) is 63.5 Å². The Labute approximate surface area is 120 Å². The van der Waals surface area contributed by atoms with Gasteiger partial charge in [0.15, 0.2) is 0 Å². The number of nitrogens with one attached hydrogen (secondary N) is 1. The molecule has 2 atom stereocenters.